The van der Waals surface area contributed by atoms with E-state index < -0.39 is 0 Å². The van der Waals surface area contributed by atoms with E-state index in [4.69, 9.17) is 4.74 Å². The molecular formula is C23H29N3O3. The van der Waals surface area contributed by atoms with Crippen molar-refractivity contribution < 1.29 is 14.3 Å². The van der Waals surface area contributed by atoms with Crippen LogP contribution in [-0.4, -0.2) is 39.0 Å². The van der Waals surface area contributed by atoms with Gasteiger partial charge in [-0.25, -0.2) is 4.79 Å². The monoisotopic (exact) mass is 395 g/mol. The molecule has 1 amide bonds. The molecule has 0 spiro atoms. The van der Waals surface area contributed by atoms with Gasteiger partial charge in [0.25, 0.3) is 0 Å². The fourth-order valence-electron chi connectivity index (χ4n) is 3.76. The maximum Gasteiger partial charge on any atom is 0.340 e. The van der Waals surface area contributed by atoms with Crippen molar-refractivity contribution in [2.24, 2.45) is 0 Å². The molecule has 0 saturated heterocycles. The van der Waals surface area contributed by atoms with E-state index in [-0.39, 0.29) is 17.9 Å². The average molecular weight is 396 g/mol. The van der Waals surface area contributed by atoms with Gasteiger partial charge in [0.2, 0.25) is 5.91 Å². The SMILES string of the molecule is CCOC(=O)c1c(/C=C/C(=O)N(Cc2ccncc2)C2CC2)c(C)n(CC)c1C. The minimum absolute atomic E-state index is 0.0413. The highest BCUT2D eigenvalue weighted by molar-refractivity contribution is 5.99. The lowest BCUT2D eigenvalue weighted by atomic mass is 10.1. The maximum absolute atomic E-state index is 13.0. The van der Waals surface area contributed by atoms with Gasteiger partial charge in [-0.15, -0.1) is 0 Å². The van der Waals surface area contributed by atoms with Gasteiger partial charge in [-0.05, 0) is 64.3 Å². The predicted molar refractivity (Wildman–Crippen MR) is 112 cm³/mol. The number of hydrogen-bond donors (Lipinski definition) is 0. The second kappa shape index (κ2) is 9.07. The lowest BCUT2D eigenvalue weighted by molar-refractivity contribution is -0.127. The molecule has 2 aromatic rings. The van der Waals surface area contributed by atoms with Crippen molar-refractivity contribution in [2.45, 2.75) is 59.7 Å². The standard InChI is InChI=1S/C23H29N3O3/c1-5-25-16(3)20(22(17(25)4)23(28)29-6-2)9-10-21(27)26(19-7-8-19)15-18-11-13-24-14-12-18/h9-14,19H,5-8,15H2,1-4H3/b10-9+. The summed E-state index contributed by atoms with van der Waals surface area (Å²) in [5.74, 6) is -0.386. The van der Waals surface area contributed by atoms with Gasteiger partial charge in [0, 0.05) is 54.6 Å². The molecule has 0 radical (unpaired) electrons. The number of pyridine rings is 1. The van der Waals surface area contributed by atoms with Crippen LogP contribution >= 0.6 is 0 Å². The molecule has 6 nitrogen and oxygen atoms in total. The molecule has 0 aromatic carbocycles. The van der Waals surface area contributed by atoms with Crippen molar-refractivity contribution in [3.8, 4) is 0 Å². The van der Waals surface area contributed by atoms with E-state index in [1.165, 1.54) is 0 Å². The fourth-order valence-corrected chi connectivity index (χ4v) is 3.76. The summed E-state index contributed by atoms with van der Waals surface area (Å²) in [6.07, 6.45) is 8.90. The predicted octanol–water partition coefficient (Wildman–Crippen LogP) is 3.90. The molecule has 1 saturated carbocycles. The van der Waals surface area contributed by atoms with Gasteiger partial charge in [-0.3, -0.25) is 9.78 Å². The van der Waals surface area contributed by atoms with E-state index in [0.29, 0.717) is 18.7 Å². The molecular weight excluding hydrogens is 366 g/mol. The molecule has 0 atom stereocenters. The van der Waals surface area contributed by atoms with Gasteiger partial charge < -0.3 is 14.2 Å². The van der Waals surface area contributed by atoms with Crippen molar-refractivity contribution in [3.63, 3.8) is 0 Å². The lowest BCUT2D eigenvalue weighted by Crippen LogP contribution is -2.31. The van der Waals surface area contributed by atoms with Crippen LogP contribution in [0.4, 0.5) is 0 Å². The number of esters is 1. The minimum Gasteiger partial charge on any atom is -0.462 e. The summed E-state index contributed by atoms with van der Waals surface area (Å²) < 4.78 is 7.33. The molecule has 2 heterocycles. The van der Waals surface area contributed by atoms with Crippen molar-refractivity contribution in [1.29, 1.82) is 0 Å². The smallest absolute Gasteiger partial charge is 0.340 e. The molecule has 2 aromatic heterocycles. The van der Waals surface area contributed by atoms with Crippen molar-refractivity contribution >= 4 is 18.0 Å². The minimum atomic E-state index is -0.344. The number of amides is 1. The third-order valence-corrected chi connectivity index (χ3v) is 5.39. The molecule has 0 bridgehead atoms. The Morgan fingerprint density at radius 2 is 1.90 bits per heavy atom. The van der Waals surface area contributed by atoms with Crippen LogP contribution in [0.1, 0.15) is 59.6 Å². The van der Waals surface area contributed by atoms with Gasteiger partial charge in [0.15, 0.2) is 0 Å². The largest absolute Gasteiger partial charge is 0.462 e. The van der Waals surface area contributed by atoms with Gasteiger partial charge in [-0.1, -0.05) is 0 Å². The molecule has 0 N–H and O–H groups in total. The third-order valence-electron chi connectivity index (χ3n) is 5.39. The number of carbonyl (C=O) groups is 2. The quantitative estimate of drug-likeness (QED) is 0.502. The highest BCUT2D eigenvalue weighted by atomic mass is 16.5. The van der Waals surface area contributed by atoms with Crippen LogP contribution in [0, 0.1) is 13.8 Å². The molecule has 1 fully saturated rings. The van der Waals surface area contributed by atoms with Gasteiger partial charge in [-0.2, -0.15) is 0 Å². The summed E-state index contributed by atoms with van der Waals surface area (Å²) in [5, 5.41) is 0. The van der Waals surface area contributed by atoms with E-state index in [0.717, 1.165) is 41.9 Å². The van der Waals surface area contributed by atoms with Crippen LogP contribution in [0.15, 0.2) is 30.6 Å². The molecule has 0 aliphatic heterocycles. The first kappa shape index (κ1) is 20.8. The Hall–Kier alpha value is -2.89. The van der Waals surface area contributed by atoms with Crippen LogP contribution in [0.5, 0.6) is 0 Å². The molecule has 1 aliphatic rings. The number of hydrogen-bond acceptors (Lipinski definition) is 4. The second-order valence-electron chi connectivity index (χ2n) is 7.31. The van der Waals surface area contributed by atoms with E-state index >= 15 is 0 Å². The highest BCUT2D eigenvalue weighted by Crippen LogP contribution is 2.29. The van der Waals surface area contributed by atoms with Crippen molar-refractivity contribution in [1.82, 2.24) is 14.5 Å². The molecule has 154 valence electrons. The third kappa shape index (κ3) is 4.58. The van der Waals surface area contributed by atoms with E-state index in [1.54, 1.807) is 31.5 Å². The number of aromatic nitrogens is 2. The van der Waals surface area contributed by atoms with Crippen LogP contribution in [0.2, 0.25) is 0 Å². The topological polar surface area (TPSA) is 64.4 Å². The van der Waals surface area contributed by atoms with Crippen molar-refractivity contribution in [2.75, 3.05) is 6.61 Å². The Labute approximate surface area is 172 Å². The van der Waals surface area contributed by atoms with Gasteiger partial charge in [0.05, 0.1) is 12.2 Å². The van der Waals surface area contributed by atoms with Crippen LogP contribution in [0.25, 0.3) is 6.08 Å². The zero-order valence-corrected chi connectivity index (χ0v) is 17.6. The van der Waals surface area contributed by atoms with Crippen LogP contribution in [0.3, 0.4) is 0 Å². The Bertz CT molecular complexity index is 911. The van der Waals surface area contributed by atoms with Gasteiger partial charge >= 0.3 is 5.97 Å². The van der Waals surface area contributed by atoms with Crippen LogP contribution < -0.4 is 0 Å². The summed E-state index contributed by atoms with van der Waals surface area (Å²) in [6.45, 7) is 9.36. The average Bonchev–Trinajstić information content (AvgIpc) is 3.51. The fraction of sp³-hybridized carbons (Fsp3) is 0.435. The zero-order valence-electron chi connectivity index (χ0n) is 17.6. The first-order chi connectivity index (χ1) is 14.0. The maximum atomic E-state index is 13.0. The Morgan fingerprint density at radius 3 is 2.48 bits per heavy atom. The Balaban J connectivity index is 1.87. The van der Waals surface area contributed by atoms with Crippen LogP contribution in [-0.2, 0) is 22.6 Å². The van der Waals surface area contributed by atoms with E-state index in [1.807, 2.05) is 37.8 Å². The molecule has 3 rings (SSSR count). The summed E-state index contributed by atoms with van der Waals surface area (Å²) >= 11 is 0. The lowest BCUT2D eigenvalue weighted by Gasteiger charge is -2.20. The van der Waals surface area contributed by atoms with E-state index in [9.17, 15) is 9.59 Å². The van der Waals surface area contributed by atoms with E-state index in [2.05, 4.69) is 9.55 Å². The summed E-state index contributed by atoms with van der Waals surface area (Å²) in [6, 6.07) is 4.15. The van der Waals surface area contributed by atoms with Gasteiger partial charge in [0.1, 0.15) is 0 Å². The number of rotatable bonds is 8. The Kier molecular flexibility index (Phi) is 6.52. The first-order valence-electron chi connectivity index (χ1n) is 10.2. The molecule has 6 heteroatoms. The normalized spacial score (nSPS) is 13.7. The summed E-state index contributed by atoms with van der Waals surface area (Å²) in [4.78, 5) is 31.5. The summed E-state index contributed by atoms with van der Waals surface area (Å²) in [7, 11) is 0. The second-order valence-corrected chi connectivity index (χ2v) is 7.31. The first-order valence-corrected chi connectivity index (χ1v) is 10.2. The zero-order chi connectivity index (χ0) is 21.0. The number of carbonyl (C=O) groups excluding carboxylic acids is 2. The van der Waals surface area contributed by atoms with Crippen molar-refractivity contribution in [3.05, 3.63) is 58.7 Å². The number of nitrogens with zero attached hydrogens (tertiary/aromatic N) is 3. The summed E-state index contributed by atoms with van der Waals surface area (Å²) in [5.41, 5.74) is 4.19. The molecule has 1 aliphatic carbocycles. The molecule has 29 heavy (non-hydrogen) atoms. The number of ether oxygens (including phenoxy) is 1. The Morgan fingerprint density at radius 1 is 1.21 bits per heavy atom. The highest BCUT2D eigenvalue weighted by Gasteiger charge is 2.31. The molecule has 0 unspecified atom stereocenters.